The van der Waals surface area contributed by atoms with E-state index >= 15 is 0 Å². The van der Waals surface area contributed by atoms with Crippen LogP contribution in [-0.4, -0.2) is 5.11 Å². The van der Waals surface area contributed by atoms with E-state index in [0.717, 1.165) is 16.9 Å². The normalized spacial score (nSPS) is 16.5. The summed E-state index contributed by atoms with van der Waals surface area (Å²) in [5.41, 5.74) is 7.10. The lowest BCUT2D eigenvalue weighted by Crippen LogP contribution is -2.35. The lowest BCUT2D eigenvalue weighted by molar-refractivity contribution is 0.0514. The zero-order valence-electron chi connectivity index (χ0n) is 18.3. The first-order valence-electron chi connectivity index (χ1n) is 10.0. The van der Waals surface area contributed by atoms with Crippen LogP contribution in [0.25, 0.3) is 0 Å². The van der Waals surface area contributed by atoms with E-state index in [1.165, 1.54) is 22.3 Å². The van der Waals surface area contributed by atoms with Crippen molar-refractivity contribution in [3.05, 3.63) is 57.6 Å². The molecule has 27 heavy (non-hydrogen) atoms. The van der Waals surface area contributed by atoms with E-state index in [1.54, 1.807) is 0 Å². The summed E-state index contributed by atoms with van der Waals surface area (Å²) in [7, 11) is 0. The Bertz CT molecular complexity index is 882. The molecule has 2 nitrogen and oxygen atoms in total. The second kappa shape index (κ2) is 6.29. The molecule has 1 unspecified atom stereocenters. The maximum atomic E-state index is 10.5. The number of ether oxygens (including phenoxy) is 1. The zero-order chi connectivity index (χ0) is 20.3. The molecule has 1 aliphatic rings. The Morgan fingerprint density at radius 3 is 2.00 bits per heavy atom. The number of rotatable bonds is 3. The molecule has 1 N–H and O–H groups in total. The van der Waals surface area contributed by atoms with E-state index in [0.29, 0.717) is 11.7 Å². The Kier molecular flexibility index (Phi) is 4.61. The summed E-state index contributed by atoms with van der Waals surface area (Å²) in [5, 5.41) is 10.5. The van der Waals surface area contributed by atoms with Crippen LogP contribution in [-0.2, 0) is 11.0 Å². The van der Waals surface area contributed by atoms with Crippen LogP contribution < -0.4 is 4.74 Å². The summed E-state index contributed by atoms with van der Waals surface area (Å²) in [6.07, 6.45) is 0. The molecule has 1 heterocycles. The monoisotopic (exact) mass is 366 g/mol. The average molecular weight is 367 g/mol. The highest BCUT2D eigenvalue weighted by molar-refractivity contribution is 5.55. The molecule has 3 rings (SSSR count). The van der Waals surface area contributed by atoms with Crippen molar-refractivity contribution >= 4 is 0 Å². The van der Waals surface area contributed by atoms with E-state index in [2.05, 4.69) is 80.5 Å². The smallest absolute Gasteiger partial charge is 0.132 e. The van der Waals surface area contributed by atoms with Crippen LogP contribution >= 0.6 is 0 Å². The molecule has 2 aromatic carbocycles. The second-order valence-electron chi connectivity index (χ2n) is 10.0. The van der Waals surface area contributed by atoms with Gasteiger partial charge in [0.25, 0.3) is 0 Å². The Labute approximate surface area is 164 Å². The van der Waals surface area contributed by atoms with Gasteiger partial charge in [-0.05, 0) is 85.0 Å². The third-order valence-electron chi connectivity index (χ3n) is 5.91. The molecule has 1 aliphatic heterocycles. The molecule has 0 saturated heterocycles. The molecule has 0 amide bonds. The number of aryl methyl sites for hydroxylation is 2. The summed E-state index contributed by atoms with van der Waals surface area (Å²) < 4.78 is 5.92. The van der Waals surface area contributed by atoms with Gasteiger partial charge in [0.15, 0.2) is 0 Å². The molecular formula is C25H34O2. The van der Waals surface area contributed by atoms with Gasteiger partial charge in [-0.1, -0.05) is 40.7 Å². The van der Waals surface area contributed by atoms with Crippen molar-refractivity contribution < 1.29 is 9.84 Å². The molecule has 0 bridgehead atoms. The average Bonchev–Trinajstić information content (AvgIpc) is 2.49. The molecule has 0 spiro atoms. The summed E-state index contributed by atoms with van der Waals surface area (Å²) in [4.78, 5) is 0. The van der Waals surface area contributed by atoms with Crippen LogP contribution in [0, 0.1) is 19.8 Å². The maximum Gasteiger partial charge on any atom is 0.132 e. The van der Waals surface area contributed by atoms with Gasteiger partial charge < -0.3 is 9.84 Å². The van der Waals surface area contributed by atoms with Gasteiger partial charge in [-0.3, -0.25) is 0 Å². The summed E-state index contributed by atoms with van der Waals surface area (Å²) in [5.74, 6) is 2.14. The van der Waals surface area contributed by atoms with Crippen LogP contribution in [0.5, 0.6) is 11.5 Å². The molecular weight excluding hydrogens is 332 g/mol. The van der Waals surface area contributed by atoms with Gasteiger partial charge in [-0.2, -0.15) is 0 Å². The topological polar surface area (TPSA) is 29.5 Å². The van der Waals surface area contributed by atoms with Crippen LogP contribution in [0.4, 0.5) is 0 Å². The van der Waals surface area contributed by atoms with Crippen molar-refractivity contribution in [2.24, 2.45) is 5.92 Å². The van der Waals surface area contributed by atoms with Crippen LogP contribution in [0.2, 0.25) is 0 Å². The Morgan fingerprint density at radius 1 is 0.926 bits per heavy atom. The fourth-order valence-electron chi connectivity index (χ4n) is 4.40. The number of aromatic hydroxyl groups is 1. The molecule has 0 aliphatic carbocycles. The number of phenolic OH excluding ortho intramolecular Hbond substituents is 1. The Hall–Kier alpha value is -1.96. The van der Waals surface area contributed by atoms with Crippen molar-refractivity contribution in [2.45, 2.75) is 79.2 Å². The first kappa shape index (κ1) is 19.8. The van der Waals surface area contributed by atoms with Crippen molar-refractivity contribution in [2.75, 3.05) is 0 Å². The summed E-state index contributed by atoms with van der Waals surface area (Å²) in [6.45, 7) is 19.6. The highest BCUT2D eigenvalue weighted by Gasteiger charge is 2.38. The highest BCUT2D eigenvalue weighted by Crippen LogP contribution is 2.48. The summed E-state index contributed by atoms with van der Waals surface area (Å²) in [6, 6.07) is 8.71. The summed E-state index contributed by atoms with van der Waals surface area (Å²) >= 11 is 0. The van der Waals surface area contributed by atoms with Crippen molar-refractivity contribution in [3.63, 3.8) is 0 Å². The standard InChI is InChI=1S/C25H34O2/c1-14(2)23(17-12-19(24(5,6)7)21(26)10-15(17)3)18-13-20-22(11-16(18)4)27-25(20,8)9/h10-14,23,26H,1-9H3. The predicted octanol–water partition coefficient (Wildman–Crippen LogP) is 6.72. The van der Waals surface area contributed by atoms with Crippen molar-refractivity contribution in [3.8, 4) is 11.5 Å². The minimum atomic E-state index is -0.208. The van der Waals surface area contributed by atoms with Gasteiger partial charge in [-0.15, -0.1) is 0 Å². The number of hydrogen-bond acceptors (Lipinski definition) is 2. The molecule has 0 aromatic heterocycles. The van der Waals surface area contributed by atoms with Gasteiger partial charge >= 0.3 is 0 Å². The van der Waals surface area contributed by atoms with E-state index in [1.807, 2.05) is 6.07 Å². The lowest BCUT2D eigenvalue weighted by Gasteiger charge is -2.40. The lowest BCUT2D eigenvalue weighted by atomic mass is 9.74. The van der Waals surface area contributed by atoms with Crippen LogP contribution in [0.3, 0.4) is 0 Å². The van der Waals surface area contributed by atoms with Crippen molar-refractivity contribution in [1.29, 1.82) is 0 Å². The predicted molar refractivity (Wildman–Crippen MR) is 113 cm³/mol. The largest absolute Gasteiger partial charge is 0.508 e. The Morgan fingerprint density at radius 2 is 1.48 bits per heavy atom. The molecule has 146 valence electrons. The van der Waals surface area contributed by atoms with Gasteiger partial charge in [-0.25, -0.2) is 0 Å². The van der Waals surface area contributed by atoms with Gasteiger partial charge in [0.2, 0.25) is 0 Å². The minimum Gasteiger partial charge on any atom is -0.508 e. The maximum absolute atomic E-state index is 10.5. The van der Waals surface area contributed by atoms with Crippen LogP contribution in [0.1, 0.15) is 87.8 Å². The number of phenols is 1. The van der Waals surface area contributed by atoms with Crippen molar-refractivity contribution in [1.82, 2.24) is 0 Å². The Balaban J connectivity index is 2.21. The quantitative estimate of drug-likeness (QED) is 0.653. The fraction of sp³-hybridized carbons (Fsp3) is 0.520. The van der Waals surface area contributed by atoms with Gasteiger partial charge in [0.05, 0.1) is 0 Å². The van der Waals surface area contributed by atoms with E-state index in [9.17, 15) is 5.11 Å². The fourth-order valence-corrected chi connectivity index (χ4v) is 4.40. The zero-order valence-corrected chi connectivity index (χ0v) is 18.3. The third-order valence-corrected chi connectivity index (χ3v) is 5.91. The number of hydrogen-bond donors (Lipinski definition) is 1. The van der Waals surface area contributed by atoms with E-state index in [4.69, 9.17) is 4.74 Å². The van der Waals surface area contributed by atoms with Gasteiger partial charge in [0, 0.05) is 11.5 Å². The number of fused-ring (bicyclic) bond motifs is 1. The minimum absolute atomic E-state index is 0.0978. The molecule has 2 aromatic rings. The van der Waals surface area contributed by atoms with E-state index < -0.39 is 0 Å². The first-order valence-corrected chi connectivity index (χ1v) is 10.0. The van der Waals surface area contributed by atoms with Crippen LogP contribution in [0.15, 0.2) is 24.3 Å². The number of benzene rings is 2. The highest BCUT2D eigenvalue weighted by atomic mass is 16.5. The SMILES string of the molecule is Cc1cc(O)c(C(C)(C)C)cc1C(c1cc2c(cc1C)OC2(C)C)C(C)C. The molecule has 0 radical (unpaired) electrons. The molecule has 0 fully saturated rings. The molecule has 1 atom stereocenters. The molecule has 2 heteroatoms. The molecule has 0 saturated carbocycles. The second-order valence-corrected chi connectivity index (χ2v) is 10.0. The van der Waals surface area contributed by atoms with E-state index in [-0.39, 0.29) is 16.9 Å². The van der Waals surface area contributed by atoms with Gasteiger partial charge in [0.1, 0.15) is 17.1 Å². The first-order chi connectivity index (χ1) is 12.3. The third kappa shape index (κ3) is 3.35.